The van der Waals surface area contributed by atoms with Crippen LogP contribution < -0.4 is 5.32 Å². The minimum Gasteiger partial charge on any atom is -0.478 e. The summed E-state index contributed by atoms with van der Waals surface area (Å²) in [5.74, 6) is -0.632. The Kier molecular flexibility index (Phi) is 5.22. The summed E-state index contributed by atoms with van der Waals surface area (Å²) in [6, 6.07) is 4.87. The van der Waals surface area contributed by atoms with Crippen LogP contribution in [0.4, 0.5) is 5.13 Å². The number of benzene rings is 1. The van der Waals surface area contributed by atoms with Crippen LogP contribution in [0.3, 0.4) is 0 Å². The summed E-state index contributed by atoms with van der Waals surface area (Å²) in [6.45, 7) is 1.43. The Morgan fingerprint density at radius 2 is 2.24 bits per heavy atom. The molecule has 5 nitrogen and oxygen atoms in total. The number of carboxylic acid groups (broad SMARTS) is 1. The lowest BCUT2D eigenvalue weighted by molar-refractivity contribution is -0.114. The number of amides is 1. The number of anilines is 1. The number of aromatic nitrogens is 1. The van der Waals surface area contributed by atoms with Gasteiger partial charge in [0.1, 0.15) is 0 Å². The molecule has 0 aliphatic carbocycles. The van der Waals surface area contributed by atoms with E-state index in [0.29, 0.717) is 10.9 Å². The minimum absolute atomic E-state index is 0.0823. The molecule has 0 aliphatic heterocycles. The lowest BCUT2D eigenvalue weighted by atomic mass is 10.2. The summed E-state index contributed by atoms with van der Waals surface area (Å²) in [4.78, 5) is 27.0. The summed E-state index contributed by atoms with van der Waals surface area (Å²) in [5, 5.41) is 14.3. The summed E-state index contributed by atoms with van der Waals surface area (Å²) >= 11 is 8.63. The van der Waals surface area contributed by atoms with Gasteiger partial charge in [0.15, 0.2) is 5.13 Å². The van der Waals surface area contributed by atoms with Gasteiger partial charge in [0.25, 0.3) is 0 Å². The first kappa shape index (κ1) is 15.8. The van der Waals surface area contributed by atoms with Crippen molar-refractivity contribution in [2.45, 2.75) is 17.6 Å². The Bertz CT molecular complexity index is 688. The molecule has 0 saturated heterocycles. The van der Waals surface area contributed by atoms with E-state index in [1.54, 1.807) is 12.1 Å². The summed E-state index contributed by atoms with van der Waals surface area (Å²) in [5.41, 5.74) is 0.902. The molecule has 0 atom stereocenters. The quantitative estimate of drug-likeness (QED) is 0.809. The van der Waals surface area contributed by atoms with E-state index in [-0.39, 0.29) is 16.5 Å². The second-order valence-electron chi connectivity index (χ2n) is 4.06. The molecule has 0 unspecified atom stereocenters. The van der Waals surface area contributed by atoms with Crippen molar-refractivity contribution in [2.75, 3.05) is 5.32 Å². The van der Waals surface area contributed by atoms with Gasteiger partial charge >= 0.3 is 5.97 Å². The predicted molar refractivity (Wildman–Crippen MR) is 84.4 cm³/mol. The van der Waals surface area contributed by atoms with Gasteiger partial charge in [0.2, 0.25) is 5.91 Å². The fraction of sp³-hybridized carbons (Fsp3) is 0.154. The number of thioether (sulfide) groups is 1. The third-order valence-electron chi connectivity index (χ3n) is 2.39. The van der Waals surface area contributed by atoms with Crippen LogP contribution in [0.1, 0.15) is 23.0 Å². The largest absolute Gasteiger partial charge is 0.478 e. The van der Waals surface area contributed by atoms with Gasteiger partial charge in [-0.15, -0.1) is 23.1 Å². The van der Waals surface area contributed by atoms with E-state index in [4.69, 9.17) is 16.7 Å². The third-order valence-corrected chi connectivity index (χ3v) is 4.55. The fourth-order valence-electron chi connectivity index (χ4n) is 1.50. The average molecular weight is 343 g/mol. The van der Waals surface area contributed by atoms with Crippen molar-refractivity contribution in [3.63, 3.8) is 0 Å². The maximum atomic E-state index is 11.0. The Hall–Kier alpha value is -1.57. The number of aromatic carboxylic acids is 1. The standard InChI is InChI=1S/C13H11ClN2O3S2/c1-7(17)15-13-16-8(6-21-13)5-20-9-2-3-11(14)10(4-9)12(18)19/h2-4,6H,5H2,1H3,(H,18,19)(H,15,16,17). The molecule has 8 heteroatoms. The van der Waals surface area contributed by atoms with E-state index < -0.39 is 5.97 Å². The number of hydrogen-bond donors (Lipinski definition) is 2. The number of nitrogens with one attached hydrogen (secondary N) is 1. The molecule has 2 aromatic rings. The van der Waals surface area contributed by atoms with Crippen molar-refractivity contribution in [3.8, 4) is 0 Å². The van der Waals surface area contributed by atoms with Gasteiger partial charge in [0, 0.05) is 23.0 Å². The van der Waals surface area contributed by atoms with Gasteiger partial charge in [-0.3, -0.25) is 4.79 Å². The highest BCUT2D eigenvalue weighted by molar-refractivity contribution is 7.98. The van der Waals surface area contributed by atoms with Crippen molar-refractivity contribution in [1.29, 1.82) is 0 Å². The van der Waals surface area contributed by atoms with Crippen LogP contribution in [0.2, 0.25) is 5.02 Å². The molecule has 21 heavy (non-hydrogen) atoms. The maximum absolute atomic E-state index is 11.0. The highest BCUT2D eigenvalue weighted by Crippen LogP contribution is 2.28. The van der Waals surface area contributed by atoms with Crippen molar-refractivity contribution in [2.24, 2.45) is 0 Å². The highest BCUT2D eigenvalue weighted by atomic mass is 35.5. The van der Waals surface area contributed by atoms with Crippen LogP contribution in [0.25, 0.3) is 0 Å². The number of carboxylic acids is 1. The Morgan fingerprint density at radius 3 is 2.90 bits per heavy atom. The molecular formula is C13H11ClN2O3S2. The number of nitrogens with zero attached hydrogens (tertiary/aromatic N) is 1. The lowest BCUT2D eigenvalue weighted by Crippen LogP contribution is -2.05. The van der Waals surface area contributed by atoms with Gasteiger partial charge in [-0.05, 0) is 18.2 Å². The Labute approximate surface area is 134 Å². The zero-order valence-electron chi connectivity index (χ0n) is 10.9. The van der Waals surface area contributed by atoms with E-state index in [2.05, 4.69) is 10.3 Å². The molecule has 1 aromatic heterocycles. The fourth-order valence-corrected chi connectivity index (χ4v) is 3.38. The molecule has 2 rings (SSSR count). The van der Waals surface area contributed by atoms with Crippen LogP contribution in [0, 0.1) is 0 Å². The van der Waals surface area contributed by atoms with E-state index in [1.165, 1.54) is 36.1 Å². The summed E-state index contributed by atoms with van der Waals surface area (Å²) in [6.07, 6.45) is 0. The molecule has 1 heterocycles. The zero-order chi connectivity index (χ0) is 15.4. The van der Waals surface area contributed by atoms with Crippen LogP contribution in [0.15, 0.2) is 28.5 Å². The smallest absolute Gasteiger partial charge is 0.337 e. The minimum atomic E-state index is -1.05. The maximum Gasteiger partial charge on any atom is 0.337 e. The molecular weight excluding hydrogens is 332 g/mol. The molecule has 0 bridgehead atoms. The second-order valence-corrected chi connectivity index (χ2v) is 6.37. The van der Waals surface area contributed by atoms with E-state index in [0.717, 1.165) is 10.6 Å². The number of rotatable bonds is 5. The predicted octanol–water partition coefficient (Wildman–Crippen LogP) is 3.75. The first-order chi connectivity index (χ1) is 9.95. The normalized spacial score (nSPS) is 10.4. The average Bonchev–Trinajstić information content (AvgIpc) is 2.84. The monoisotopic (exact) mass is 342 g/mol. The summed E-state index contributed by atoms with van der Waals surface area (Å²) < 4.78 is 0. The van der Waals surface area contributed by atoms with Gasteiger partial charge < -0.3 is 10.4 Å². The number of carbonyl (C=O) groups excluding carboxylic acids is 1. The SMILES string of the molecule is CC(=O)Nc1nc(CSc2ccc(Cl)c(C(=O)O)c2)cs1. The van der Waals surface area contributed by atoms with Crippen LogP contribution in [-0.2, 0) is 10.5 Å². The second kappa shape index (κ2) is 6.93. The molecule has 0 spiro atoms. The number of halogens is 1. The van der Waals surface area contributed by atoms with Crippen LogP contribution in [-0.4, -0.2) is 22.0 Å². The van der Waals surface area contributed by atoms with Gasteiger partial charge in [-0.1, -0.05) is 11.6 Å². The summed E-state index contributed by atoms with van der Waals surface area (Å²) in [7, 11) is 0. The molecule has 1 aromatic carbocycles. The van der Waals surface area contributed by atoms with Gasteiger partial charge in [-0.2, -0.15) is 0 Å². The van der Waals surface area contributed by atoms with Crippen LogP contribution >= 0.6 is 34.7 Å². The van der Waals surface area contributed by atoms with Crippen molar-refractivity contribution in [3.05, 3.63) is 39.9 Å². The topological polar surface area (TPSA) is 79.3 Å². The van der Waals surface area contributed by atoms with Crippen LogP contribution in [0.5, 0.6) is 0 Å². The molecule has 0 aliphatic rings. The zero-order valence-corrected chi connectivity index (χ0v) is 13.3. The Balaban J connectivity index is 2.03. The van der Waals surface area contributed by atoms with E-state index >= 15 is 0 Å². The number of carbonyl (C=O) groups is 2. The molecule has 0 radical (unpaired) electrons. The number of hydrogen-bond acceptors (Lipinski definition) is 5. The third kappa shape index (κ3) is 4.45. The van der Waals surface area contributed by atoms with E-state index in [1.807, 2.05) is 5.38 Å². The first-order valence-corrected chi connectivity index (χ1v) is 8.07. The van der Waals surface area contributed by atoms with Crippen molar-refractivity contribution in [1.82, 2.24) is 4.98 Å². The van der Waals surface area contributed by atoms with Crippen molar-refractivity contribution < 1.29 is 14.7 Å². The highest BCUT2D eigenvalue weighted by Gasteiger charge is 2.10. The van der Waals surface area contributed by atoms with E-state index in [9.17, 15) is 9.59 Å². The molecule has 0 saturated carbocycles. The first-order valence-electron chi connectivity index (χ1n) is 5.83. The molecule has 2 N–H and O–H groups in total. The van der Waals surface area contributed by atoms with Gasteiger partial charge in [0.05, 0.1) is 16.3 Å². The molecule has 1 amide bonds. The Morgan fingerprint density at radius 1 is 1.48 bits per heavy atom. The number of thiazole rings is 1. The molecule has 0 fully saturated rings. The molecule has 110 valence electrons. The van der Waals surface area contributed by atoms with Gasteiger partial charge in [-0.25, -0.2) is 9.78 Å². The van der Waals surface area contributed by atoms with Crippen molar-refractivity contribution >= 4 is 51.7 Å². The lowest BCUT2D eigenvalue weighted by Gasteiger charge is -2.03.